The van der Waals surface area contributed by atoms with Crippen LogP contribution in [0, 0.1) is 6.92 Å². The molecule has 0 amide bonds. The maximum Gasteiger partial charge on any atom is 0.0634 e. The molecule has 0 aliphatic heterocycles. The molecule has 0 aliphatic rings. The average molecular weight is 186 g/mol. The lowest BCUT2D eigenvalue weighted by Gasteiger charge is -1.99. The molecular formula is C10H10N4. The van der Waals surface area contributed by atoms with Crippen molar-refractivity contribution in [3.63, 3.8) is 0 Å². The fourth-order valence-electron chi connectivity index (χ4n) is 1.23. The molecule has 0 spiro atoms. The molecule has 0 unspecified atom stereocenters. The Morgan fingerprint density at radius 3 is 2.79 bits per heavy atom. The second-order valence-corrected chi connectivity index (χ2v) is 3.08. The topological polar surface area (TPSA) is 51.6 Å². The van der Waals surface area contributed by atoms with Gasteiger partial charge in [0.1, 0.15) is 0 Å². The molecule has 2 heterocycles. The number of aromatic nitrogens is 4. The Labute approximate surface area is 82.1 Å². The van der Waals surface area contributed by atoms with E-state index in [0.717, 1.165) is 23.4 Å². The fraction of sp³-hybridized carbons (Fsp3) is 0.200. The van der Waals surface area contributed by atoms with Crippen LogP contribution < -0.4 is 0 Å². The van der Waals surface area contributed by atoms with Crippen molar-refractivity contribution in [2.45, 2.75) is 13.3 Å². The first kappa shape index (κ1) is 8.74. The normalized spacial score (nSPS) is 10.1. The summed E-state index contributed by atoms with van der Waals surface area (Å²) in [7, 11) is 0. The number of hydrogen-bond acceptors (Lipinski definition) is 4. The van der Waals surface area contributed by atoms with Crippen LogP contribution in [0.25, 0.3) is 0 Å². The maximum atomic E-state index is 4.36. The molecule has 0 saturated carbocycles. The second-order valence-electron chi connectivity index (χ2n) is 3.08. The molecule has 0 aromatic carbocycles. The van der Waals surface area contributed by atoms with Gasteiger partial charge in [-0.3, -0.25) is 9.97 Å². The van der Waals surface area contributed by atoms with Gasteiger partial charge in [-0.25, -0.2) is 0 Å². The van der Waals surface area contributed by atoms with Crippen molar-refractivity contribution >= 4 is 0 Å². The van der Waals surface area contributed by atoms with Crippen LogP contribution in [-0.2, 0) is 6.42 Å². The number of aryl methyl sites for hydroxylation is 1. The van der Waals surface area contributed by atoms with Crippen molar-refractivity contribution in [3.05, 3.63) is 47.8 Å². The molecule has 2 aromatic rings. The van der Waals surface area contributed by atoms with Gasteiger partial charge in [0.2, 0.25) is 0 Å². The molecule has 0 fully saturated rings. The lowest BCUT2D eigenvalue weighted by Crippen LogP contribution is -1.96. The molecule has 2 aromatic heterocycles. The second kappa shape index (κ2) is 3.91. The summed E-state index contributed by atoms with van der Waals surface area (Å²) in [5, 5.41) is 7.52. The summed E-state index contributed by atoms with van der Waals surface area (Å²) >= 11 is 0. The first-order chi connectivity index (χ1) is 6.84. The van der Waals surface area contributed by atoms with Crippen LogP contribution in [0.15, 0.2) is 30.9 Å². The molecule has 0 atom stereocenters. The van der Waals surface area contributed by atoms with Gasteiger partial charge in [-0.05, 0) is 18.6 Å². The summed E-state index contributed by atoms with van der Waals surface area (Å²) in [5.74, 6) is 0. The predicted molar refractivity (Wildman–Crippen MR) is 51.6 cm³/mol. The largest absolute Gasteiger partial charge is 0.261 e. The Morgan fingerprint density at radius 1 is 1.14 bits per heavy atom. The molecule has 14 heavy (non-hydrogen) atoms. The summed E-state index contributed by atoms with van der Waals surface area (Å²) in [6.45, 7) is 1.93. The third-order valence-corrected chi connectivity index (χ3v) is 1.84. The Morgan fingerprint density at radius 2 is 2.07 bits per heavy atom. The zero-order valence-corrected chi connectivity index (χ0v) is 7.88. The van der Waals surface area contributed by atoms with Crippen LogP contribution in [0.4, 0.5) is 0 Å². The van der Waals surface area contributed by atoms with E-state index in [1.54, 1.807) is 24.8 Å². The van der Waals surface area contributed by atoms with Crippen molar-refractivity contribution in [1.29, 1.82) is 0 Å². The van der Waals surface area contributed by atoms with Gasteiger partial charge in [0.25, 0.3) is 0 Å². The van der Waals surface area contributed by atoms with Crippen LogP contribution in [0.5, 0.6) is 0 Å². The van der Waals surface area contributed by atoms with Gasteiger partial charge < -0.3 is 0 Å². The van der Waals surface area contributed by atoms with Crippen LogP contribution in [0.2, 0.25) is 0 Å². The average Bonchev–Trinajstić information content (AvgIpc) is 2.19. The highest BCUT2D eigenvalue weighted by Gasteiger charge is 1.98. The quantitative estimate of drug-likeness (QED) is 0.706. The lowest BCUT2D eigenvalue weighted by atomic mass is 10.2. The Kier molecular flexibility index (Phi) is 2.44. The van der Waals surface area contributed by atoms with E-state index < -0.39 is 0 Å². The van der Waals surface area contributed by atoms with Crippen LogP contribution in [0.3, 0.4) is 0 Å². The Hall–Kier alpha value is -1.84. The zero-order chi connectivity index (χ0) is 9.80. The minimum Gasteiger partial charge on any atom is -0.261 e. The molecule has 4 heteroatoms. The summed E-state index contributed by atoms with van der Waals surface area (Å²) in [6.07, 6.45) is 7.69. The van der Waals surface area contributed by atoms with Crippen molar-refractivity contribution in [1.82, 2.24) is 20.2 Å². The maximum absolute atomic E-state index is 4.36. The summed E-state index contributed by atoms with van der Waals surface area (Å²) < 4.78 is 0. The third-order valence-electron chi connectivity index (χ3n) is 1.84. The minimum absolute atomic E-state index is 0.754. The third kappa shape index (κ3) is 2.10. The minimum atomic E-state index is 0.754. The van der Waals surface area contributed by atoms with E-state index in [1.807, 2.05) is 13.0 Å². The van der Waals surface area contributed by atoms with Crippen molar-refractivity contribution in [2.24, 2.45) is 0 Å². The smallest absolute Gasteiger partial charge is 0.0634 e. The van der Waals surface area contributed by atoms with E-state index in [-0.39, 0.29) is 0 Å². The van der Waals surface area contributed by atoms with Gasteiger partial charge in [0, 0.05) is 25.0 Å². The van der Waals surface area contributed by atoms with Crippen molar-refractivity contribution in [3.8, 4) is 0 Å². The molecular weight excluding hydrogens is 176 g/mol. The first-order valence-corrected chi connectivity index (χ1v) is 4.38. The van der Waals surface area contributed by atoms with Crippen molar-refractivity contribution in [2.75, 3.05) is 0 Å². The molecule has 70 valence electrons. The summed E-state index contributed by atoms with van der Waals surface area (Å²) in [5.41, 5.74) is 2.99. The summed E-state index contributed by atoms with van der Waals surface area (Å²) in [6, 6.07) is 1.93. The van der Waals surface area contributed by atoms with E-state index in [2.05, 4.69) is 20.2 Å². The molecule has 0 saturated heterocycles. The van der Waals surface area contributed by atoms with Gasteiger partial charge in [-0.15, -0.1) is 0 Å². The molecule has 2 rings (SSSR count). The Bertz CT molecular complexity index is 413. The highest BCUT2D eigenvalue weighted by atomic mass is 15.1. The number of rotatable bonds is 2. The van der Waals surface area contributed by atoms with Crippen LogP contribution in [-0.4, -0.2) is 20.2 Å². The molecule has 4 nitrogen and oxygen atoms in total. The summed E-state index contributed by atoms with van der Waals surface area (Å²) in [4.78, 5) is 8.44. The fourth-order valence-corrected chi connectivity index (χ4v) is 1.23. The standard InChI is InChI=1S/C10H10N4/c1-8-5-11-7-10(14-8)4-9-2-3-12-13-6-9/h2-3,5-7H,4H2,1H3. The van der Waals surface area contributed by atoms with Crippen LogP contribution in [0.1, 0.15) is 17.0 Å². The molecule has 0 aliphatic carbocycles. The van der Waals surface area contributed by atoms with Gasteiger partial charge in [0.15, 0.2) is 0 Å². The molecule has 0 radical (unpaired) electrons. The molecule has 0 bridgehead atoms. The van der Waals surface area contributed by atoms with Gasteiger partial charge in [-0.2, -0.15) is 10.2 Å². The van der Waals surface area contributed by atoms with E-state index >= 15 is 0 Å². The predicted octanol–water partition coefficient (Wildman–Crippen LogP) is 1.17. The van der Waals surface area contributed by atoms with E-state index in [4.69, 9.17) is 0 Å². The number of hydrogen-bond donors (Lipinski definition) is 0. The first-order valence-electron chi connectivity index (χ1n) is 4.38. The monoisotopic (exact) mass is 186 g/mol. The van der Waals surface area contributed by atoms with Crippen LogP contribution >= 0.6 is 0 Å². The highest BCUT2D eigenvalue weighted by Crippen LogP contribution is 2.03. The van der Waals surface area contributed by atoms with Gasteiger partial charge >= 0.3 is 0 Å². The van der Waals surface area contributed by atoms with E-state index in [0.29, 0.717) is 0 Å². The van der Waals surface area contributed by atoms with E-state index in [1.165, 1.54) is 0 Å². The lowest BCUT2D eigenvalue weighted by molar-refractivity contribution is 0.954. The SMILES string of the molecule is Cc1cncc(Cc2ccnnc2)n1. The zero-order valence-electron chi connectivity index (χ0n) is 7.88. The van der Waals surface area contributed by atoms with Gasteiger partial charge in [-0.1, -0.05) is 0 Å². The Balaban J connectivity index is 2.19. The number of nitrogens with zero attached hydrogens (tertiary/aromatic N) is 4. The van der Waals surface area contributed by atoms with E-state index in [9.17, 15) is 0 Å². The molecule has 0 N–H and O–H groups in total. The van der Waals surface area contributed by atoms with Gasteiger partial charge in [0.05, 0.1) is 17.6 Å². The van der Waals surface area contributed by atoms with Crippen molar-refractivity contribution < 1.29 is 0 Å². The highest BCUT2D eigenvalue weighted by molar-refractivity contribution is 5.15.